The molecule has 2 aromatic rings. The van der Waals surface area contributed by atoms with Crippen molar-refractivity contribution in [1.29, 1.82) is 0 Å². The molecule has 0 amide bonds. The first-order valence-corrected chi connectivity index (χ1v) is 7.93. The number of ether oxygens (including phenoxy) is 2. The molecule has 5 heteroatoms. The number of hydrogen-bond acceptors (Lipinski definition) is 4. The number of halogens is 1. The normalized spacial score (nSPS) is 11.1. The molecule has 0 spiro atoms. The van der Waals surface area contributed by atoms with Crippen LogP contribution in [-0.4, -0.2) is 25.1 Å². The van der Waals surface area contributed by atoms with Crippen LogP contribution in [0.2, 0.25) is 0 Å². The molecule has 4 nitrogen and oxygen atoms in total. The van der Waals surface area contributed by atoms with Crippen LogP contribution in [0.1, 0.15) is 11.1 Å². The summed E-state index contributed by atoms with van der Waals surface area (Å²) in [7, 11) is 3.07. The van der Waals surface area contributed by atoms with Gasteiger partial charge >= 0.3 is 0 Å². The van der Waals surface area contributed by atoms with Crippen molar-refractivity contribution in [3.63, 3.8) is 0 Å². The highest BCUT2D eigenvalue weighted by atomic mass is 79.9. The van der Waals surface area contributed by atoms with Crippen molar-refractivity contribution >= 4 is 33.9 Å². The summed E-state index contributed by atoms with van der Waals surface area (Å²) >= 11 is 3.43. The number of phenols is 1. The molecule has 0 saturated heterocycles. The molecule has 0 aliphatic heterocycles. The number of phenolic OH excluding ortho intramolecular Hbond substituents is 1. The van der Waals surface area contributed by atoms with Gasteiger partial charge in [0.2, 0.25) is 0 Å². The van der Waals surface area contributed by atoms with E-state index in [4.69, 9.17) is 9.47 Å². The first-order chi connectivity index (χ1) is 11.5. The van der Waals surface area contributed by atoms with E-state index >= 15 is 0 Å². The van der Waals surface area contributed by atoms with E-state index in [1.54, 1.807) is 31.4 Å². The van der Waals surface area contributed by atoms with Crippen LogP contribution in [-0.2, 0) is 4.79 Å². The fourth-order valence-corrected chi connectivity index (χ4v) is 2.36. The maximum absolute atomic E-state index is 12.0. The Morgan fingerprint density at radius 1 is 1.04 bits per heavy atom. The zero-order valence-corrected chi connectivity index (χ0v) is 14.9. The Balaban J connectivity index is 2.10. The summed E-state index contributed by atoms with van der Waals surface area (Å²) < 4.78 is 11.1. The maximum atomic E-state index is 12.0. The number of hydrogen-bond donors (Lipinski definition) is 1. The van der Waals surface area contributed by atoms with Gasteiger partial charge < -0.3 is 14.6 Å². The van der Waals surface area contributed by atoms with Crippen LogP contribution in [0.3, 0.4) is 0 Å². The third kappa shape index (κ3) is 4.73. The molecule has 2 rings (SSSR count). The van der Waals surface area contributed by atoms with Crippen molar-refractivity contribution in [2.24, 2.45) is 0 Å². The predicted molar refractivity (Wildman–Crippen MR) is 98.4 cm³/mol. The number of rotatable bonds is 6. The van der Waals surface area contributed by atoms with Crippen LogP contribution in [0.4, 0.5) is 0 Å². The van der Waals surface area contributed by atoms with Gasteiger partial charge in [0.15, 0.2) is 17.3 Å². The van der Waals surface area contributed by atoms with Crippen molar-refractivity contribution in [3.8, 4) is 17.2 Å². The monoisotopic (exact) mass is 388 g/mol. The minimum Gasteiger partial charge on any atom is -0.504 e. The van der Waals surface area contributed by atoms with Gasteiger partial charge in [-0.05, 0) is 59.7 Å². The smallest absolute Gasteiger partial charge is 0.178 e. The lowest BCUT2D eigenvalue weighted by Gasteiger charge is -2.03. The van der Waals surface area contributed by atoms with Crippen LogP contribution in [0.5, 0.6) is 17.2 Å². The summed E-state index contributed by atoms with van der Waals surface area (Å²) in [5, 5.41) is 9.55. The van der Waals surface area contributed by atoms with Gasteiger partial charge in [-0.1, -0.05) is 28.1 Å². The molecule has 0 radical (unpaired) electrons. The van der Waals surface area contributed by atoms with Crippen molar-refractivity contribution in [2.45, 2.75) is 0 Å². The van der Waals surface area contributed by atoms with Crippen molar-refractivity contribution in [2.75, 3.05) is 14.2 Å². The number of allylic oxidation sites excluding steroid dienone is 2. The Morgan fingerprint density at radius 2 is 1.79 bits per heavy atom. The summed E-state index contributed by atoms with van der Waals surface area (Å²) in [5.41, 5.74) is 1.61. The van der Waals surface area contributed by atoms with Crippen molar-refractivity contribution in [3.05, 3.63) is 64.1 Å². The second-order valence-corrected chi connectivity index (χ2v) is 5.74. The molecule has 24 heavy (non-hydrogen) atoms. The molecule has 0 aliphatic carbocycles. The second kappa shape index (κ2) is 8.36. The van der Waals surface area contributed by atoms with Gasteiger partial charge in [-0.15, -0.1) is 0 Å². The third-order valence-electron chi connectivity index (χ3n) is 3.27. The summed E-state index contributed by atoms with van der Waals surface area (Å²) in [5.74, 6) is 0.984. The van der Waals surface area contributed by atoms with Crippen LogP contribution >= 0.6 is 15.9 Å². The number of carbonyl (C=O) groups is 1. The summed E-state index contributed by atoms with van der Waals surface area (Å²) in [6.45, 7) is 0. The predicted octanol–water partition coefficient (Wildman–Crippen LogP) is 4.47. The number of carbonyl (C=O) groups excluding carboxylic acids is 1. The Morgan fingerprint density at radius 3 is 2.50 bits per heavy atom. The van der Waals surface area contributed by atoms with Crippen LogP contribution in [0, 0.1) is 0 Å². The van der Waals surface area contributed by atoms with E-state index in [0.717, 1.165) is 21.3 Å². The number of methoxy groups -OCH3 is 2. The average molecular weight is 389 g/mol. The minimum atomic E-state index is -0.156. The lowest BCUT2D eigenvalue weighted by Crippen LogP contribution is -1.88. The van der Waals surface area contributed by atoms with E-state index in [1.807, 2.05) is 18.2 Å². The van der Waals surface area contributed by atoms with Crippen LogP contribution < -0.4 is 9.47 Å². The van der Waals surface area contributed by atoms with E-state index in [-0.39, 0.29) is 11.5 Å². The lowest BCUT2D eigenvalue weighted by molar-refractivity contribution is -0.110. The average Bonchev–Trinajstić information content (AvgIpc) is 2.60. The number of ketones is 1. The van der Waals surface area contributed by atoms with E-state index in [2.05, 4.69) is 15.9 Å². The molecular formula is C19H17BrO4. The molecule has 0 fully saturated rings. The van der Waals surface area contributed by atoms with E-state index in [0.29, 0.717) is 5.75 Å². The Hall–Kier alpha value is -2.53. The molecule has 1 N–H and O–H groups in total. The molecule has 0 atom stereocenters. The summed E-state index contributed by atoms with van der Waals surface area (Å²) in [6.07, 6.45) is 6.32. The molecular weight excluding hydrogens is 372 g/mol. The van der Waals surface area contributed by atoms with Crippen LogP contribution in [0.25, 0.3) is 12.2 Å². The third-order valence-corrected chi connectivity index (χ3v) is 4.00. The summed E-state index contributed by atoms with van der Waals surface area (Å²) in [4.78, 5) is 12.0. The molecule has 0 heterocycles. The molecule has 0 aliphatic rings. The SMILES string of the molecule is COc1ccc(Br)c(/C=C/C(=O)/C=C/c2ccc(O)c(OC)c2)c1. The quantitative estimate of drug-likeness (QED) is 0.741. The maximum Gasteiger partial charge on any atom is 0.178 e. The Bertz CT molecular complexity index is 794. The zero-order chi connectivity index (χ0) is 17.5. The minimum absolute atomic E-state index is 0.0590. The van der Waals surface area contributed by atoms with Gasteiger partial charge in [-0.25, -0.2) is 0 Å². The van der Waals surface area contributed by atoms with Gasteiger partial charge in [-0.3, -0.25) is 4.79 Å². The fraction of sp³-hybridized carbons (Fsp3) is 0.105. The molecule has 0 unspecified atom stereocenters. The lowest BCUT2D eigenvalue weighted by atomic mass is 10.1. The van der Waals surface area contributed by atoms with Gasteiger partial charge in [0, 0.05) is 4.47 Å². The molecule has 0 aromatic heterocycles. The first kappa shape index (κ1) is 17.8. The van der Waals surface area contributed by atoms with E-state index < -0.39 is 0 Å². The highest BCUT2D eigenvalue weighted by Gasteiger charge is 2.02. The molecule has 124 valence electrons. The Labute approximate surface area is 149 Å². The number of aromatic hydroxyl groups is 1. The molecule has 2 aromatic carbocycles. The van der Waals surface area contributed by atoms with E-state index in [9.17, 15) is 9.90 Å². The zero-order valence-electron chi connectivity index (χ0n) is 13.3. The molecule has 0 saturated carbocycles. The highest BCUT2D eigenvalue weighted by molar-refractivity contribution is 9.10. The second-order valence-electron chi connectivity index (χ2n) is 4.89. The van der Waals surface area contributed by atoms with Gasteiger partial charge in [0.1, 0.15) is 5.75 Å². The number of benzene rings is 2. The van der Waals surface area contributed by atoms with Crippen molar-refractivity contribution < 1.29 is 19.4 Å². The molecule has 0 bridgehead atoms. The highest BCUT2D eigenvalue weighted by Crippen LogP contribution is 2.27. The Kier molecular flexibility index (Phi) is 6.21. The fourth-order valence-electron chi connectivity index (χ4n) is 1.98. The topological polar surface area (TPSA) is 55.8 Å². The largest absolute Gasteiger partial charge is 0.504 e. The first-order valence-electron chi connectivity index (χ1n) is 7.14. The van der Waals surface area contributed by atoms with Crippen LogP contribution in [0.15, 0.2) is 53.0 Å². The summed E-state index contributed by atoms with van der Waals surface area (Å²) in [6, 6.07) is 10.4. The standard InChI is InChI=1S/C19H17BrO4/c1-23-16-8-9-17(20)14(12-16)5-7-15(21)6-3-13-4-10-18(22)19(11-13)24-2/h3-12,22H,1-2H3/b6-3+,7-5+. The van der Waals surface area contributed by atoms with Gasteiger partial charge in [0.25, 0.3) is 0 Å². The van der Waals surface area contributed by atoms with Crippen molar-refractivity contribution in [1.82, 2.24) is 0 Å². The van der Waals surface area contributed by atoms with Gasteiger partial charge in [-0.2, -0.15) is 0 Å². The van der Waals surface area contributed by atoms with Gasteiger partial charge in [0.05, 0.1) is 14.2 Å². The van der Waals surface area contributed by atoms with E-state index in [1.165, 1.54) is 25.3 Å².